The Hall–Kier alpha value is -1.86. The van der Waals surface area contributed by atoms with E-state index in [0.717, 1.165) is 0 Å². The summed E-state index contributed by atoms with van der Waals surface area (Å²) in [4.78, 5) is 22.0. The van der Waals surface area contributed by atoms with Gasteiger partial charge in [-0.25, -0.2) is 0 Å². The van der Waals surface area contributed by atoms with Gasteiger partial charge in [-0.1, -0.05) is 17.7 Å². The van der Waals surface area contributed by atoms with E-state index in [1.54, 1.807) is 13.0 Å². The summed E-state index contributed by atoms with van der Waals surface area (Å²) in [7, 11) is 0. The minimum Gasteiger partial charge on any atom is -0.466 e. The lowest BCUT2D eigenvalue weighted by Gasteiger charge is -2.06. The van der Waals surface area contributed by atoms with Gasteiger partial charge in [-0.2, -0.15) is 5.26 Å². The van der Waals surface area contributed by atoms with Gasteiger partial charge in [0.15, 0.2) is 6.29 Å². The fourth-order valence-corrected chi connectivity index (χ4v) is 1.63. The molecule has 0 fully saturated rings. The number of hydrogen-bond donors (Lipinski definition) is 0. The molecule has 0 aromatic heterocycles. The summed E-state index contributed by atoms with van der Waals surface area (Å²) in [5.74, 6) is -0.419. The van der Waals surface area contributed by atoms with Gasteiger partial charge in [0, 0.05) is 5.56 Å². The molecule has 0 aliphatic heterocycles. The highest BCUT2D eigenvalue weighted by atomic mass is 35.5. The van der Waals surface area contributed by atoms with Crippen molar-refractivity contribution in [2.24, 2.45) is 0 Å². The molecule has 0 aliphatic carbocycles. The Labute approximate surface area is 104 Å². The van der Waals surface area contributed by atoms with E-state index in [4.69, 9.17) is 21.6 Å². The molecule has 0 amide bonds. The summed E-state index contributed by atoms with van der Waals surface area (Å²) < 4.78 is 4.78. The Morgan fingerprint density at radius 3 is 2.82 bits per heavy atom. The molecule has 0 bridgehead atoms. The number of esters is 1. The largest absolute Gasteiger partial charge is 0.466 e. The highest BCUT2D eigenvalue weighted by molar-refractivity contribution is 6.33. The van der Waals surface area contributed by atoms with Gasteiger partial charge in [0.2, 0.25) is 0 Å². The van der Waals surface area contributed by atoms with Gasteiger partial charge in [0.05, 0.1) is 23.6 Å². The van der Waals surface area contributed by atoms with Crippen LogP contribution < -0.4 is 0 Å². The Kier molecular flexibility index (Phi) is 4.68. The van der Waals surface area contributed by atoms with Crippen molar-refractivity contribution in [2.75, 3.05) is 6.61 Å². The topological polar surface area (TPSA) is 67.2 Å². The first kappa shape index (κ1) is 13.2. The molecule has 0 saturated heterocycles. The molecule has 0 spiro atoms. The van der Waals surface area contributed by atoms with Gasteiger partial charge in [0.25, 0.3) is 0 Å². The van der Waals surface area contributed by atoms with Crippen LogP contribution in [-0.4, -0.2) is 18.9 Å². The summed E-state index contributed by atoms with van der Waals surface area (Å²) in [6, 6.07) is 4.85. The van der Waals surface area contributed by atoms with Crippen molar-refractivity contribution < 1.29 is 14.3 Å². The van der Waals surface area contributed by atoms with E-state index in [2.05, 4.69) is 0 Å². The Bertz CT molecular complexity index is 491. The fraction of sp³-hybridized carbons (Fsp3) is 0.250. The molecule has 0 aliphatic rings. The molecule has 1 rings (SSSR count). The first-order valence-electron chi connectivity index (χ1n) is 4.96. The predicted octanol–water partition coefficient (Wildman–Crippen LogP) is 2.13. The standard InChI is InChI=1S/C12H10ClNO3/c1-2-17-11(16)5-8-3-4-9(7-15)10(6-14)12(8)13/h3-4,7H,2,5H2,1H3. The van der Waals surface area contributed by atoms with Crippen LogP contribution in [0.25, 0.3) is 0 Å². The molecule has 0 radical (unpaired) electrons. The average molecular weight is 252 g/mol. The summed E-state index contributed by atoms with van der Waals surface area (Å²) in [6.07, 6.45) is 0.541. The van der Waals surface area contributed by atoms with Crippen LogP contribution in [0.1, 0.15) is 28.4 Å². The van der Waals surface area contributed by atoms with E-state index >= 15 is 0 Å². The number of hydrogen-bond acceptors (Lipinski definition) is 4. The quantitative estimate of drug-likeness (QED) is 0.607. The Balaban J connectivity index is 3.08. The average Bonchev–Trinajstić information content (AvgIpc) is 2.31. The fourth-order valence-electron chi connectivity index (χ4n) is 1.35. The molecular formula is C12H10ClNO3. The maximum Gasteiger partial charge on any atom is 0.310 e. The first-order chi connectivity index (χ1) is 8.13. The van der Waals surface area contributed by atoms with Gasteiger partial charge in [-0.15, -0.1) is 0 Å². The smallest absolute Gasteiger partial charge is 0.310 e. The van der Waals surface area contributed by atoms with Crippen molar-refractivity contribution in [3.8, 4) is 6.07 Å². The summed E-state index contributed by atoms with van der Waals surface area (Å²) in [5.41, 5.74) is 0.779. The van der Waals surface area contributed by atoms with Gasteiger partial charge < -0.3 is 4.74 Å². The molecule has 1 aromatic rings. The minimum atomic E-state index is -0.419. The lowest BCUT2D eigenvalue weighted by molar-refractivity contribution is -0.142. The number of rotatable bonds is 4. The molecule has 88 valence electrons. The first-order valence-corrected chi connectivity index (χ1v) is 5.34. The van der Waals surface area contributed by atoms with E-state index in [1.165, 1.54) is 6.07 Å². The second-order valence-electron chi connectivity index (χ2n) is 3.21. The second kappa shape index (κ2) is 6.02. The van der Waals surface area contributed by atoms with Crippen LogP contribution in [0.15, 0.2) is 12.1 Å². The van der Waals surface area contributed by atoms with Crippen LogP contribution >= 0.6 is 11.6 Å². The monoisotopic (exact) mass is 251 g/mol. The van der Waals surface area contributed by atoms with Crippen LogP contribution in [0.5, 0.6) is 0 Å². The number of nitriles is 1. The van der Waals surface area contributed by atoms with Crippen molar-refractivity contribution in [3.05, 3.63) is 33.8 Å². The number of benzene rings is 1. The van der Waals surface area contributed by atoms with E-state index in [-0.39, 0.29) is 29.2 Å². The summed E-state index contributed by atoms with van der Waals surface area (Å²) in [6.45, 7) is 1.99. The number of carbonyl (C=O) groups excluding carboxylic acids is 2. The molecule has 1 aromatic carbocycles. The zero-order chi connectivity index (χ0) is 12.8. The van der Waals surface area contributed by atoms with E-state index < -0.39 is 5.97 Å². The lowest BCUT2D eigenvalue weighted by atomic mass is 10.0. The van der Waals surface area contributed by atoms with E-state index in [9.17, 15) is 9.59 Å². The Morgan fingerprint density at radius 2 is 2.29 bits per heavy atom. The maximum absolute atomic E-state index is 11.3. The number of ether oxygens (including phenoxy) is 1. The van der Waals surface area contributed by atoms with Crippen LogP contribution in [0.4, 0.5) is 0 Å². The lowest BCUT2D eigenvalue weighted by Crippen LogP contribution is -2.08. The number of carbonyl (C=O) groups is 2. The number of aldehydes is 1. The summed E-state index contributed by atoms with van der Waals surface area (Å²) in [5, 5.41) is 9.01. The molecular weight excluding hydrogens is 242 g/mol. The van der Waals surface area contributed by atoms with Crippen molar-refractivity contribution in [2.45, 2.75) is 13.3 Å². The van der Waals surface area contributed by atoms with Gasteiger partial charge in [0.1, 0.15) is 6.07 Å². The number of nitrogens with zero attached hydrogens (tertiary/aromatic N) is 1. The predicted molar refractivity (Wildman–Crippen MR) is 61.9 cm³/mol. The molecule has 4 nitrogen and oxygen atoms in total. The molecule has 0 N–H and O–H groups in total. The maximum atomic E-state index is 11.3. The van der Waals surface area contributed by atoms with Crippen LogP contribution in [0.3, 0.4) is 0 Å². The third kappa shape index (κ3) is 3.05. The van der Waals surface area contributed by atoms with Crippen molar-refractivity contribution in [1.29, 1.82) is 5.26 Å². The second-order valence-corrected chi connectivity index (χ2v) is 3.59. The van der Waals surface area contributed by atoms with Crippen molar-refractivity contribution >= 4 is 23.9 Å². The Morgan fingerprint density at radius 1 is 1.59 bits per heavy atom. The zero-order valence-electron chi connectivity index (χ0n) is 9.20. The highest BCUT2D eigenvalue weighted by Crippen LogP contribution is 2.24. The molecule has 0 saturated carbocycles. The van der Waals surface area contributed by atoms with Crippen molar-refractivity contribution in [3.63, 3.8) is 0 Å². The molecule has 0 atom stereocenters. The molecule has 0 unspecified atom stereocenters. The van der Waals surface area contributed by atoms with E-state index in [1.807, 2.05) is 6.07 Å². The third-order valence-electron chi connectivity index (χ3n) is 2.13. The van der Waals surface area contributed by atoms with Crippen LogP contribution in [0, 0.1) is 11.3 Å². The van der Waals surface area contributed by atoms with E-state index in [0.29, 0.717) is 11.8 Å². The molecule has 5 heteroatoms. The SMILES string of the molecule is CCOC(=O)Cc1ccc(C=O)c(C#N)c1Cl. The van der Waals surface area contributed by atoms with Gasteiger partial charge in [-0.3, -0.25) is 9.59 Å². The number of halogens is 1. The third-order valence-corrected chi connectivity index (χ3v) is 2.56. The van der Waals surface area contributed by atoms with Gasteiger partial charge >= 0.3 is 5.97 Å². The van der Waals surface area contributed by atoms with Crippen LogP contribution in [0.2, 0.25) is 5.02 Å². The summed E-state index contributed by atoms with van der Waals surface area (Å²) >= 11 is 5.95. The highest BCUT2D eigenvalue weighted by Gasteiger charge is 2.14. The van der Waals surface area contributed by atoms with Crippen LogP contribution in [-0.2, 0) is 16.0 Å². The molecule has 17 heavy (non-hydrogen) atoms. The molecule has 0 heterocycles. The van der Waals surface area contributed by atoms with Gasteiger partial charge in [-0.05, 0) is 18.6 Å². The minimum absolute atomic E-state index is 0.0134. The normalized spacial score (nSPS) is 9.47. The zero-order valence-corrected chi connectivity index (χ0v) is 9.95. The van der Waals surface area contributed by atoms with Crippen molar-refractivity contribution in [1.82, 2.24) is 0 Å².